The van der Waals surface area contributed by atoms with Crippen LogP contribution in [0.25, 0.3) is 65.5 Å². The van der Waals surface area contributed by atoms with Crippen LogP contribution in [-0.2, 0) is 5.41 Å². The molecule has 238 valence electrons. The number of hydrogen-bond acceptors (Lipinski definition) is 5. The SMILES string of the molecule is c1ccc(-c2nc(-c3ccccc3)nc(-c3ccc4sc5ccc6c(c5c4c3)-c3ccccc3C63c4ccccc4Sc4ccccc43)n2)cc1. The summed E-state index contributed by atoms with van der Waals surface area (Å²) in [4.78, 5) is 17.7. The molecule has 0 saturated carbocycles. The Hall–Kier alpha value is -5.88. The van der Waals surface area contributed by atoms with Crippen molar-refractivity contribution in [2.45, 2.75) is 15.2 Å². The molecule has 0 bridgehead atoms. The zero-order chi connectivity index (χ0) is 33.5. The van der Waals surface area contributed by atoms with Crippen LogP contribution in [0.1, 0.15) is 22.3 Å². The smallest absolute Gasteiger partial charge is 0.164 e. The molecule has 1 aliphatic heterocycles. The van der Waals surface area contributed by atoms with Gasteiger partial charge in [-0.15, -0.1) is 11.3 Å². The van der Waals surface area contributed by atoms with Gasteiger partial charge in [0.05, 0.1) is 5.41 Å². The molecule has 0 saturated heterocycles. The molecule has 0 N–H and O–H groups in total. The van der Waals surface area contributed by atoms with Crippen molar-refractivity contribution < 1.29 is 0 Å². The van der Waals surface area contributed by atoms with E-state index in [1.165, 1.54) is 63.3 Å². The predicted octanol–water partition coefficient (Wildman–Crippen LogP) is 12.1. The van der Waals surface area contributed by atoms with Crippen LogP contribution in [-0.4, -0.2) is 15.0 Å². The average molecular weight is 686 g/mol. The van der Waals surface area contributed by atoms with Crippen molar-refractivity contribution in [2.24, 2.45) is 0 Å². The van der Waals surface area contributed by atoms with Crippen LogP contribution >= 0.6 is 23.1 Å². The van der Waals surface area contributed by atoms with E-state index in [2.05, 4.69) is 127 Å². The van der Waals surface area contributed by atoms with Gasteiger partial charge in [0.2, 0.25) is 0 Å². The predicted molar refractivity (Wildman–Crippen MR) is 210 cm³/mol. The summed E-state index contributed by atoms with van der Waals surface area (Å²) in [6.07, 6.45) is 0. The number of thiophene rings is 1. The van der Waals surface area contributed by atoms with E-state index in [0.717, 1.165) is 16.7 Å². The van der Waals surface area contributed by atoms with Crippen LogP contribution in [0.2, 0.25) is 0 Å². The largest absolute Gasteiger partial charge is 0.208 e. The van der Waals surface area contributed by atoms with Crippen molar-refractivity contribution in [3.63, 3.8) is 0 Å². The summed E-state index contributed by atoms with van der Waals surface area (Å²) in [5.41, 5.74) is 10.5. The van der Waals surface area contributed by atoms with E-state index in [0.29, 0.717) is 17.5 Å². The second kappa shape index (κ2) is 11.1. The lowest BCUT2D eigenvalue weighted by Crippen LogP contribution is -2.31. The number of aromatic nitrogens is 3. The number of hydrogen-bond donors (Lipinski definition) is 0. The highest BCUT2D eigenvalue weighted by molar-refractivity contribution is 7.99. The Kier molecular flexibility index (Phi) is 6.27. The van der Waals surface area contributed by atoms with Crippen LogP contribution in [0.4, 0.5) is 0 Å². The topological polar surface area (TPSA) is 38.7 Å². The fourth-order valence-corrected chi connectivity index (χ4v) is 10.6. The van der Waals surface area contributed by atoms with Crippen LogP contribution < -0.4 is 0 Å². The molecule has 11 rings (SSSR count). The molecule has 9 aromatic rings. The molecule has 0 unspecified atom stereocenters. The van der Waals surface area contributed by atoms with Gasteiger partial charge in [0.25, 0.3) is 0 Å². The van der Waals surface area contributed by atoms with Gasteiger partial charge in [-0.2, -0.15) is 0 Å². The highest BCUT2D eigenvalue weighted by atomic mass is 32.2. The monoisotopic (exact) mass is 685 g/mol. The van der Waals surface area contributed by atoms with Crippen molar-refractivity contribution in [3.8, 4) is 45.3 Å². The van der Waals surface area contributed by atoms with Crippen LogP contribution in [0.3, 0.4) is 0 Å². The summed E-state index contributed by atoms with van der Waals surface area (Å²) in [6, 6.07) is 58.9. The van der Waals surface area contributed by atoms with Gasteiger partial charge in [-0.3, -0.25) is 0 Å². The summed E-state index contributed by atoms with van der Waals surface area (Å²) < 4.78 is 2.53. The molecule has 51 heavy (non-hydrogen) atoms. The van der Waals surface area contributed by atoms with Crippen molar-refractivity contribution >= 4 is 43.3 Å². The Morgan fingerprint density at radius 3 is 1.59 bits per heavy atom. The van der Waals surface area contributed by atoms with Gasteiger partial charge in [0, 0.05) is 46.7 Å². The van der Waals surface area contributed by atoms with E-state index in [4.69, 9.17) is 15.0 Å². The lowest BCUT2D eigenvalue weighted by Gasteiger charge is -2.39. The van der Waals surface area contributed by atoms with Gasteiger partial charge in [0.15, 0.2) is 17.5 Å². The summed E-state index contributed by atoms with van der Waals surface area (Å²) in [5, 5.41) is 2.53. The first-order valence-corrected chi connectivity index (χ1v) is 18.7. The molecule has 0 fully saturated rings. The first kappa shape index (κ1) is 28.9. The van der Waals surface area contributed by atoms with Crippen molar-refractivity contribution in [1.82, 2.24) is 15.0 Å². The number of fused-ring (bicyclic) bond motifs is 13. The van der Waals surface area contributed by atoms with Gasteiger partial charge < -0.3 is 0 Å². The highest BCUT2D eigenvalue weighted by Gasteiger charge is 2.50. The minimum atomic E-state index is -0.409. The van der Waals surface area contributed by atoms with Crippen molar-refractivity contribution in [2.75, 3.05) is 0 Å². The molecule has 7 aromatic carbocycles. The Morgan fingerprint density at radius 1 is 0.412 bits per heavy atom. The molecule has 2 aromatic heterocycles. The fraction of sp³-hybridized carbons (Fsp3) is 0.0217. The normalized spacial score (nSPS) is 13.6. The number of benzene rings is 7. The lowest BCUT2D eigenvalue weighted by molar-refractivity contribution is 0.723. The van der Waals surface area contributed by atoms with E-state index < -0.39 is 5.41 Å². The maximum Gasteiger partial charge on any atom is 0.164 e. The quantitative estimate of drug-likeness (QED) is 0.186. The summed E-state index contributed by atoms with van der Waals surface area (Å²) in [5.74, 6) is 2.00. The molecule has 3 nitrogen and oxygen atoms in total. The molecule has 3 heterocycles. The molecule has 0 radical (unpaired) electrons. The maximum absolute atomic E-state index is 5.08. The minimum absolute atomic E-state index is 0.409. The maximum atomic E-state index is 5.08. The minimum Gasteiger partial charge on any atom is -0.208 e. The molecular formula is C46H27N3S2. The molecule has 1 spiro atoms. The van der Waals surface area contributed by atoms with Gasteiger partial charge in [-0.25, -0.2) is 15.0 Å². The molecule has 2 aliphatic rings. The Morgan fingerprint density at radius 2 is 0.941 bits per heavy atom. The van der Waals surface area contributed by atoms with E-state index in [1.807, 2.05) is 59.5 Å². The van der Waals surface area contributed by atoms with E-state index >= 15 is 0 Å². The number of rotatable bonds is 3. The first-order valence-electron chi connectivity index (χ1n) is 17.1. The van der Waals surface area contributed by atoms with Crippen LogP contribution in [0, 0.1) is 0 Å². The van der Waals surface area contributed by atoms with Crippen molar-refractivity contribution in [3.05, 3.63) is 186 Å². The highest BCUT2D eigenvalue weighted by Crippen LogP contribution is 2.63. The first-order chi connectivity index (χ1) is 25.3. The molecule has 5 heteroatoms. The Labute approximate surface area is 303 Å². The average Bonchev–Trinajstić information content (AvgIpc) is 3.72. The third-order valence-corrected chi connectivity index (χ3v) is 12.7. The lowest BCUT2D eigenvalue weighted by atomic mass is 9.67. The Balaban J connectivity index is 1.19. The second-order valence-electron chi connectivity index (χ2n) is 13.1. The third-order valence-electron chi connectivity index (χ3n) is 10.4. The van der Waals surface area contributed by atoms with Crippen LogP contribution in [0.5, 0.6) is 0 Å². The summed E-state index contributed by atoms with van der Waals surface area (Å²) >= 11 is 3.74. The van der Waals surface area contributed by atoms with Crippen LogP contribution in [0.15, 0.2) is 174 Å². The van der Waals surface area contributed by atoms with Gasteiger partial charge in [-0.05, 0) is 69.8 Å². The zero-order valence-electron chi connectivity index (χ0n) is 27.2. The Bertz CT molecular complexity index is 2740. The second-order valence-corrected chi connectivity index (χ2v) is 15.3. The van der Waals surface area contributed by atoms with Gasteiger partial charge >= 0.3 is 0 Å². The third kappa shape index (κ3) is 4.16. The van der Waals surface area contributed by atoms with E-state index in [9.17, 15) is 0 Å². The summed E-state index contributed by atoms with van der Waals surface area (Å²) in [6.45, 7) is 0. The fourth-order valence-electron chi connectivity index (χ4n) is 8.29. The van der Waals surface area contributed by atoms with Gasteiger partial charge in [0.1, 0.15) is 0 Å². The van der Waals surface area contributed by atoms with E-state index in [-0.39, 0.29) is 0 Å². The van der Waals surface area contributed by atoms with E-state index in [1.54, 1.807) is 0 Å². The number of nitrogens with zero attached hydrogens (tertiary/aromatic N) is 3. The van der Waals surface area contributed by atoms with Gasteiger partial charge in [-0.1, -0.05) is 139 Å². The molecule has 0 amide bonds. The summed E-state index contributed by atoms with van der Waals surface area (Å²) in [7, 11) is 0. The molecule has 0 atom stereocenters. The standard InChI is InChI=1S/C46H27N3S2/c1-3-13-28(14-4-1)43-47-44(29-15-5-2-6-16-29)49-45(48-43)30-23-25-37-32(27-30)42-40(50-37)26-24-36-41(42)31-17-7-8-18-33(31)46(36)34-19-9-11-21-38(34)51-39-22-12-10-20-35(39)46/h1-27H. The van der Waals surface area contributed by atoms with Crippen molar-refractivity contribution in [1.29, 1.82) is 0 Å². The molecular weight excluding hydrogens is 659 g/mol. The molecule has 1 aliphatic carbocycles. The zero-order valence-corrected chi connectivity index (χ0v) is 28.9.